The highest BCUT2D eigenvalue weighted by Gasteiger charge is 2.38. The molecular formula is C16H23NO. The minimum absolute atomic E-state index is 0.0908. The largest absolute Gasteiger partial charge is 0.345 e. The van der Waals surface area contributed by atoms with Crippen molar-refractivity contribution in [3.8, 4) is 0 Å². The van der Waals surface area contributed by atoms with E-state index >= 15 is 0 Å². The predicted molar refractivity (Wildman–Crippen MR) is 74.5 cm³/mol. The summed E-state index contributed by atoms with van der Waals surface area (Å²) in [4.78, 5) is 14.5. The molecule has 1 aromatic rings. The molecule has 2 heteroatoms. The third-order valence-electron chi connectivity index (χ3n) is 3.74. The fraction of sp³-hybridized carbons (Fsp3) is 0.562. The molecule has 1 amide bonds. The van der Waals surface area contributed by atoms with Crippen molar-refractivity contribution >= 4 is 5.91 Å². The van der Waals surface area contributed by atoms with E-state index in [1.807, 2.05) is 30.1 Å². The first-order valence-corrected chi connectivity index (χ1v) is 7.04. The van der Waals surface area contributed by atoms with Gasteiger partial charge in [-0.15, -0.1) is 0 Å². The zero-order valence-corrected chi connectivity index (χ0v) is 11.4. The van der Waals surface area contributed by atoms with E-state index in [1.54, 1.807) is 0 Å². The molecule has 2 rings (SSSR count). The molecule has 0 heterocycles. The van der Waals surface area contributed by atoms with Crippen LogP contribution in [-0.4, -0.2) is 24.4 Å². The van der Waals surface area contributed by atoms with Gasteiger partial charge in [-0.2, -0.15) is 0 Å². The fourth-order valence-electron chi connectivity index (χ4n) is 2.45. The van der Waals surface area contributed by atoms with Crippen molar-refractivity contribution in [2.45, 2.75) is 38.5 Å². The Bertz CT molecular complexity index is 383. The topological polar surface area (TPSA) is 20.3 Å². The molecule has 0 N–H and O–H groups in total. The first kappa shape index (κ1) is 13.1. The van der Waals surface area contributed by atoms with Crippen LogP contribution in [0, 0.1) is 5.92 Å². The number of nitrogens with zero attached hydrogens (tertiary/aromatic N) is 1. The smallest absolute Gasteiger partial charge is 0.230 e. The summed E-state index contributed by atoms with van der Waals surface area (Å²) in [5, 5.41) is 0. The van der Waals surface area contributed by atoms with Crippen molar-refractivity contribution < 1.29 is 4.79 Å². The Morgan fingerprint density at radius 3 is 2.56 bits per heavy atom. The van der Waals surface area contributed by atoms with Crippen LogP contribution in [0.25, 0.3) is 0 Å². The quantitative estimate of drug-likeness (QED) is 0.752. The van der Waals surface area contributed by atoms with E-state index in [1.165, 1.54) is 18.4 Å². The van der Waals surface area contributed by atoms with E-state index in [4.69, 9.17) is 0 Å². The molecule has 0 aromatic heterocycles. The number of hydrogen-bond acceptors (Lipinski definition) is 1. The molecule has 1 unspecified atom stereocenters. The summed E-state index contributed by atoms with van der Waals surface area (Å²) >= 11 is 0. The Morgan fingerprint density at radius 2 is 2.00 bits per heavy atom. The summed E-state index contributed by atoms with van der Waals surface area (Å²) in [5.41, 5.74) is 1.19. The van der Waals surface area contributed by atoms with Crippen molar-refractivity contribution in [2.24, 2.45) is 5.92 Å². The van der Waals surface area contributed by atoms with Crippen molar-refractivity contribution in [1.29, 1.82) is 0 Å². The Labute approximate surface area is 110 Å². The van der Waals surface area contributed by atoms with Crippen LogP contribution in [0.4, 0.5) is 0 Å². The SMILES string of the molecule is CCCCN(C)C(=O)C(c1ccccc1)C1CC1. The van der Waals surface area contributed by atoms with Gasteiger partial charge in [-0.1, -0.05) is 43.7 Å². The summed E-state index contributed by atoms with van der Waals surface area (Å²) in [6.07, 6.45) is 4.63. The summed E-state index contributed by atoms with van der Waals surface area (Å²) in [5.74, 6) is 0.967. The van der Waals surface area contributed by atoms with Gasteiger partial charge >= 0.3 is 0 Å². The number of hydrogen-bond donors (Lipinski definition) is 0. The third kappa shape index (κ3) is 3.12. The van der Waals surface area contributed by atoms with Gasteiger partial charge in [-0.25, -0.2) is 0 Å². The van der Waals surface area contributed by atoms with Gasteiger partial charge < -0.3 is 4.90 Å². The van der Waals surface area contributed by atoms with Gasteiger partial charge in [0.05, 0.1) is 5.92 Å². The normalized spacial score (nSPS) is 16.3. The minimum atomic E-state index is 0.0908. The minimum Gasteiger partial charge on any atom is -0.345 e. The van der Waals surface area contributed by atoms with Crippen LogP contribution in [0.3, 0.4) is 0 Å². The van der Waals surface area contributed by atoms with Crippen molar-refractivity contribution in [2.75, 3.05) is 13.6 Å². The molecule has 0 radical (unpaired) electrons. The van der Waals surface area contributed by atoms with E-state index in [0.29, 0.717) is 11.8 Å². The summed E-state index contributed by atoms with van der Waals surface area (Å²) in [6, 6.07) is 10.3. The van der Waals surface area contributed by atoms with Gasteiger partial charge in [0.1, 0.15) is 0 Å². The molecular weight excluding hydrogens is 222 g/mol. The monoisotopic (exact) mass is 245 g/mol. The Hall–Kier alpha value is -1.31. The second-order valence-electron chi connectivity index (χ2n) is 5.34. The van der Waals surface area contributed by atoms with Gasteiger partial charge in [0.2, 0.25) is 5.91 Å². The number of unbranched alkanes of at least 4 members (excludes halogenated alkanes) is 1. The summed E-state index contributed by atoms with van der Waals surface area (Å²) in [7, 11) is 1.94. The molecule has 0 aliphatic heterocycles. The van der Waals surface area contributed by atoms with Crippen LogP contribution in [0.2, 0.25) is 0 Å². The molecule has 1 atom stereocenters. The number of amides is 1. The van der Waals surface area contributed by atoms with Gasteiger partial charge in [0.15, 0.2) is 0 Å². The number of rotatable bonds is 6. The maximum Gasteiger partial charge on any atom is 0.230 e. The molecule has 98 valence electrons. The number of benzene rings is 1. The van der Waals surface area contributed by atoms with Gasteiger partial charge in [0, 0.05) is 13.6 Å². The lowest BCUT2D eigenvalue weighted by Gasteiger charge is -2.24. The second-order valence-corrected chi connectivity index (χ2v) is 5.34. The van der Waals surface area contributed by atoms with E-state index in [9.17, 15) is 4.79 Å². The highest BCUT2D eigenvalue weighted by Crippen LogP contribution is 2.43. The molecule has 0 saturated heterocycles. The number of carbonyl (C=O) groups is 1. The van der Waals surface area contributed by atoms with E-state index < -0.39 is 0 Å². The maximum absolute atomic E-state index is 12.6. The highest BCUT2D eigenvalue weighted by molar-refractivity contribution is 5.84. The number of carbonyl (C=O) groups excluding carboxylic acids is 1. The summed E-state index contributed by atoms with van der Waals surface area (Å²) < 4.78 is 0. The molecule has 0 bridgehead atoms. The van der Waals surface area contributed by atoms with Crippen molar-refractivity contribution in [3.63, 3.8) is 0 Å². The van der Waals surface area contributed by atoms with E-state index in [-0.39, 0.29) is 5.92 Å². The molecule has 1 aromatic carbocycles. The zero-order valence-electron chi connectivity index (χ0n) is 11.4. The standard InChI is InChI=1S/C16H23NO/c1-3-4-12-17(2)16(18)15(14-10-11-14)13-8-6-5-7-9-13/h5-9,14-15H,3-4,10-12H2,1-2H3. The predicted octanol–water partition coefficient (Wildman–Crippen LogP) is 3.44. The molecule has 1 aliphatic rings. The van der Waals surface area contributed by atoms with E-state index in [2.05, 4.69) is 19.1 Å². The van der Waals surface area contributed by atoms with Crippen LogP contribution in [0.5, 0.6) is 0 Å². The molecule has 18 heavy (non-hydrogen) atoms. The molecule has 0 spiro atoms. The average Bonchev–Trinajstić information content (AvgIpc) is 3.22. The fourth-order valence-corrected chi connectivity index (χ4v) is 2.45. The molecule has 1 saturated carbocycles. The van der Waals surface area contributed by atoms with Gasteiger partial charge in [0.25, 0.3) is 0 Å². The highest BCUT2D eigenvalue weighted by atomic mass is 16.2. The first-order chi connectivity index (χ1) is 8.74. The average molecular weight is 245 g/mol. The molecule has 2 nitrogen and oxygen atoms in total. The Balaban J connectivity index is 2.08. The lowest BCUT2D eigenvalue weighted by atomic mass is 9.93. The van der Waals surface area contributed by atoms with Gasteiger partial charge in [-0.05, 0) is 30.7 Å². The molecule has 1 aliphatic carbocycles. The van der Waals surface area contributed by atoms with Crippen LogP contribution in [0.15, 0.2) is 30.3 Å². The van der Waals surface area contributed by atoms with Crippen LogP contribution in [0.1, 0.15) is 44.1 Å². The first-order valence-electron chi connectivity index (χ1n) is 7.04. The van der Waals surface area contributed by atoms with Crippen molar-refractivity contribution in [3.05, 3.63) is 35.9 Å². The van der Waals surface area contributed by atoms with Crippen LogP contribution in [-0.2, 0) is 4.79 Å². The Morgan fingerprint density at radius 1 is 1.33 bits per heavy atom. The summed E-state index contributed by atoms with van der Waals surface area (Å²) in [6.45, 7) is 3.04. The third-order valence-corrected chi connectivity index (χ3v) is 3.74. The number of likely N-dealkylation sites (N-methyl/N-ethyl adjacent to an activating group) is 1. The second kappa shape index (κ2) is 6.03. The van der Waals surface area contributed by atoms with Crippen molar-refractivity contribution in [1.82, 2.24) is 4.90 Å². The molecule has 1 fully saturated rings. The van der Waals surface area contributed by atoms with Gasteiger partial charge in [-0.3, -0.25) is 4.79 Å². The Kier molecular flexibility index (Phi) is 4.40. The van der Waals surface area contributed by atoms with Crippen LogP contribution < -0.4 is 0 Å². The van der Waals surface area contributed by atoms with E-state index in [0.717, 1.165) is 19.4 Å². The lowest BCUT2D eigenvalue weighted by molar-refractivity contribution is -0.132. The maximum atomic E-state index is 12.6. The zero-order chi connectivity index (χ0) is 13.0. The lowest BCUT2D eigenvalue weighted by Crippen LogP contribution is -2.33. The van der Waals surface area contributed by atoms with Crippen LogP contribution >= 0.6 is 0 Å².